The quantitative estimate of drug-likeness (QED) is 0.608. The van der Waals surface area contributed by atoms with Gasteiger partial charge >= 0.3 is 5.97 Å². The van der Waals surface area contributed by atoms with Gasteiger partial charge in [0, 0.05) is 11.1 Å². The largest absolute Gasteiger partial charge is 0.454 e. The summed E-state index contributed by atoms with van der Waals surface area (Å²) < 4.78 is 5.04. The monoisotopic (exact) mass is 406 g/mol. The van der Waals surface area contributed by atoms with Crippen LogP contribution in [0.4, 0.5) is 5.69 Å². The number of hydrogen-bond acceptors (Lipinski definition) is 5. The summed E-state index contributed by atoms with van der Waals surface area (Å²) in [5, 5.41) is 4.61. The van der Waals surface area contributed by atoms with Crippen molar-refractivity contribution >= 4 is 40.2 Å². The smallest absolute Gasteiger partial charge is 0.326 e. The number of carbonyl (C=O) groups excluding carboxylic acids is 4. The lowest BCUT2D eigenvalue weighted by Gasteiger charge is -2.19. The van der Waals surface area contributed by atoms with Crippen molar-refractivity contribution in [2.24, 2.45) is 23.7 Å². The lowest BCUT2D eigenvalue weighted by atomic mass is 9.81. The van der Waals surface area contributed by atoms with Crippen LogP contribution in [-0.4, -0.2) is 41.7 Å². The number of anilines is 1. The van der Waals surface area contributed by atoms with Crippen molar-refractivity contribution in [3.8, 4) is 0 Å². The van der Waals surface area contributed by atoms with Crippen molar-refractivity contribution in [3.05, 3.63) is 42.5 Å². The first-order valence-electron chi connectivity index (χ1n) is 10.3. The first kappa shape index (κ1) is 18.8. The summed E-state index contributed by atoms with van der Waals surface area (Å²) in [6.45, 7) is -0.901. The number of nitrogens with zero attached hydrogens (tertiary/aromatic N) is 1. The Bertz CT molecular complexity index is 1030. The van der Waals surface area contributed by atoms with E-state index in [1.54, 1.807) is 6.07 Å². The molecule has 154 valence electrons. The van der Waals surface area contributed by atoms with Crippen molar-refractivity contribution in [3.63, 3.8) is 0 Å². The third-order valence-corrected chi connectivity index (χ3v) is 6.73. The van der Waals surface area contributed by atoms with Crippen molar-refractivity contribution in [1.29, 1.82) is 0 Å². The molecule has 3 amide bonds. The topological polar surface area (TPSA) is 92.8 Å². The minimum Gasteiger partial charge on any atom is -0.454 e. The molecule has 3 fully saturated rings. The van der Waals surface area contributed by atoms with E-state index in [1.807, 2.05) is 36.4 Å². The van der Waals surface area contributed by atoms with E-state index in [0.29, 0.717) is 5.69 Å². The second-order valence-electron chi connectivity index (χ2n) is 8.38. The number of carbonyl (C=O) groups is 4. The predicted molar refractivity (Wildman–Crippen MR) is 108 cm³/mol. The van der Waals surface area contributed by atoms with Gasteiger partial charge in [-0.3, -0.25) is 24.1 Å². The number of likely N-dealkylation sites (tertiary alicyclic amines) is 1. The molecule has 5 rings (SSSR count). The van der Waals surface area contributed by atoms with Crippen LogP contribution in [0, 0.1) is 23.7 Å². The lowest BCUT2D eigenvalue weighted by Crippen LogP contribution is -2.38. The van der Waals surface area contributed by atoms with Gasteiger partial charge in [0.25, 0.3) is 5.91 Å². The standard InChI is InChI=1S/C23H22N2O5/c26-18(24-17-7-3-5-13-4-1-2-6-16(13)17)12-30-19(27)11-25-22(28)20-14-8-9-15(10-14)21(20)23(25)29/h1-7,14-15,20-21H,8-12H2,(H,24,26)/t14-,15-,20+,21+/m0/s1. The Hall–Kier alpha value is -3.22. The molecule has 2 saturated carbocycles. The number of rotatable bonds is 5. The van der Waals surface area contributed by atoms with E-state index in [2.05, 4.69) is 5.32 Å². The van der Waals surface area contributed by atoms with Crippen LogP contribution in [-0.2, 0) is 23.9 Å². The Labute approximate surface area is 173 Å². The molecule has 2 aliphatic carbocycles. The molecule has 2 aromatic rings. The maximum Gasteiger partial charge on any atom is 0.326 e. The number of esters is 1. The SMILES string of the molecule is O=C(COC(=O)CN1C(=O)[C@@H]2[C@H]3CC[C@@H](C3)[C@H]2C1=O)Nc1cccc2ccccc12. The number of hydrogen-bond donors (Lipinski definition) is 1. The zero-order chi connectivity index (χ0) is 20.8. The lowest BCUT2D eigenvalue weighted by molar-refractivity contribution is -0.154. The molecule has 0 spiro atoms. The van der Waals surface area contributed by atoms with Crippen LogP contribution < -0.4 is 5.32 Å². The molecule has 7 heteroatoms. The van der Waals surface area contributed by atoms with Crippen LogP contribution in [0.3, 0.4) is 0 Å². The third-order valence-electron chi connectivity index (χ3n) is 6.73. The fraction of sp³-hybridized carbons (Fsp3) is 0.391. The van der Waals surface area contributed by atoms with Gasteiger partial charge in [0.2, 0.25) is 11.8 Å². The van der Waals surface area contributed by atoms with Gasteiger partial charge in [-0.15, -0.1) is 0 Å². The van der Waals surface area contributed by atoms with Crippen LogP contribution in [0.15, 0.2) is 42.5 Å². The Morgan fingerprint density at radius 2 is 1.63 bits per heavy atom. The Kier molecular flexibility index (Phi) is 4.53. The molecule has 7 nitrogen and oxygen atoms in total. The molecule has 4 atom stereocenters. The van der Waals surface area contributed by atoms with E-state index in [1.165, 1.54) is 0 Å². The van der Waals surface area contributed by atoms with Gasteiger partial charge in [0.1, 0.15) is 6.54 Å². The maximum absolute atomic E-state index is 12.6. The van der Waals surface area contributed by atoms with Crippen LogP contribution in [0.25, 0.3) is 10.8 Å². The van der Waals surface area contributed by atoms with E-state index in [9.17, 15) is 19.2 Å². The van der Waals surface area contributed by atoms with E-state index in [-0.39, 0.29) is 35.5 Å². The Morgan fingerprint density at radius 1 is 0.967 bits per heavy atom. The molecule has 0 aromatic heterocycles. The van der Waals surface area contributed by atoms with Gasteiger partial charge in [-0.2, -0.15) is 0 Å². The molecule has 1 aliphatic heterocycles. The highest BCUT2D eigenvalue weighted by Crippen LogP contribution is 2.56. The van der Waals surface area contributed by atoms with Gasteiger partial charge in [-0.05, 0) is 42.6 Å². The summed E-state index contributed by atoms with van der Waals surface area (Å²) in [6, 6.07) is 13.2. The third kappa shape index (κ3) is 3.05. The van der Waals surface area contributed by atoms with Crippen LogP contribution in [0.5, 0.6) is 0 Å². The van der Waals surface area contributed by atoms with Gasteiger partial charge in [0.15, 0.2) is 6.61 Å². The van der Waals surface area contributed by atoms with Crippen molar-refractivity contribution < 1.29 is 23.9 Å². The summed E-state index contributed by atoms with van der Waals surface area (Å²) in [5.41, 5.74) is 0.627. The van der Waals surface area contributed by atoms with Gasteiger partial charge in [0.05, 0.1) is 11.8 Å². The first-order chi connectivity index (χ1) is 14.5. The van der Waals surface area contributed by atoms with Crippen molar-refractivity contribution in [1.82, 2.24) is 4.90 Å². The summed E-state index contributed by atoms with van der Waals surface area (Å²) >= 11 is 0. The molecule has 1 heterocycles. The molecular weight excluding hydrogens is 384 g/mol. The highest BCUT2D eigenvalue weighted by molar-refractivity contribution is 6.08. The van der Waals surface area contributed by atoms with Crippen LogP contribution in [0.1, 0.15) is 19.3 Å². The molecule has 2 bridgehead atoms. The number of ether oxygens (including phenoxy) is 1. The highest BCUT2D eigenvalue weighted by Gasteiger charge is 2.61. The molecule has 0 radical (unpaired) electrons. The molecule has 3 aliphatic rings. The number of amides is 3. The second kappa shape index (κ2) is 7.23. The summed E-state index contributed by atoms with van der Waals surface area (Å²) in [7, 11) is 0. The molecule has 1 N–H and O–H groups in total. The van der Waals surface area contributed by atoms with Gasteiger partial charge in [-0.25, -0.2) is 0 Å². The summed E-state index contributed by atoms with van der Waals surface area (Å²) in [4.78, 5) is 50.8. The van der Waals surface area contributed by atoms with Crippen molar-refractivity contribution in [2.45, 2.75) is 19.3 Å². The Morgan fingerprint density at radius 3 is 2.37 bits per heavy atom. The minimum atomic E-state index is -0.753. The Balaban J connectivity index is 1.17. The van der Waals surface area contributed by atoms with E-state index in [0.717, 1.165) is 34.9 Å². The van der Waals surface area contributed by atoms with Crippen LogP contribution in [0.2, 0.25) is 0 Å². The molecule has 1 saturated heterocycles. The minimum absolute atomic E-state index is 0.255. The number of imide groups is 1. The van der Waals surface area contributed by atoms with Crippen molar-refractivity contribution in [2.75, 3.05) is 18.5 Å². The molecule has 0 unspecified atom stereocenters. The molecule has 2 aromatic carbocycles. The van der Waals surface area contributed by atoms with Gasteiger partial charge in [-0.1, -0.05) is 36.4 Å². The molecule has 30 heavy (non-hydrogen) atoms. The maximum atomic E-state index is 12.6. The average Bonchev–Trinajstić information content (AvgIpc) is 3.43. The normalized spacial score (nSPS) is 26.9. The number of nitrogens with one attached hydrogen (secondary N) is 1. The zero-order valence-corrected chi connectivity index (χ0v) is 16.4. The fourth-order valence-electron chi connectivity index (χ4n) is 5.47. The van der Waals surface area contributed by atoms with Gasteiger partial charge < -0.3 is 10.1 Å². The summed E-state index contributed by atoms with van der Waals surface area (Å²) in [6.07, 6.45) is 2.91. The molecular formula is C23H22N2O5. The zero-order valence-electron chi connectivity index (χ0n) is 16.4. The second-order valence-corrected chi connectivity index (χ2v) is 8.38. The fourth-order valence-corrected chi connectivity index (χ4v) is 5.47. The summed E-state index contributed by atoms with van der Waals surface area (Å²) in [5.74, 6) is -1.74. The van der Waals surface area contributed by atoms with E-state index in [4.69, 9.17) is 4.74 Å². The predicted octanol–water partition coefficient (Wildman–Crippen LogP) is 2.35. The highest BCUT2D eigenvalue weighted by atomic mass is 16.5. The number of fused-ring (bicyclic) bond motifs is 6. The van der Waals surface area contributed by atoms with E-state index < -0.39 is 25.0 Å². The number of benzene rings is 2. The first-order valence-corrected chi connectivity index (χ1v) is 10.3. The van der Waals surface area contributed by atoms with Crippen LogP contribution >= 0.6 is 0 Å². The average molecular weight is 406 g/mol. The van der Waals surface area contributed by atoms with E-state index >= 15 is 0 Å².